The van der Waals surface area contributed by atoms with Crippen LogP contribution >= 0.6 is 11.3 Å². The van der Waals surface area contributed by atoms with Crippen LogP contribution in [0.1, 0.15) is 16.0 Å². The van der Waals surface area contributed by atoms with E-state index in [0.717, 1.165) is 16.5 Å². The molecule has 0 unspecified atom stereocenters. The standard InChI is InChI=1S/C17H18N2O2S/c1-11-6-7-22-16(11)10-19-15(17(20)21)8-12-9-18-14-5-3-2-4-13(12)14/h2-7,9,15,18-19H,8,10H2,1H3,(H,20,21)/t15-/m1/s1. The van der Waals surface area contributed by atoms with Crippen molar-refractivity contribution in [1.82, 2.24) is 10.3 Å². The van der Waals surface area contributed by atoms with Crippen molar-refractivity contribution in [3.63, 3.8) is 0 Å². The molecule has 1 aromatic carbocycles. The van der Waals surface area contributed by atoms with Crippen molar-refractivity contribution in [2.75, 3.05) is 0 Å². The molecule has 22 heavy (non-hydrogen) atoms. The van der Waals surface area contributed by atoms with E-state index < -0.39 is 12.0 Å². The van der Waals surface area contributed by atoms with E-state index in [1.54, 1.807) is 11.3 Å². The van der Waals surface area contributed by atoms with Crippen LogP contribution < -0.4 is 5.32 Å². The molecule has 3 aromatic rings. The number of rotatable bonds is 6. The highest BCUT2D eigenvalue weighted by Crippen LogP contribution is 2.20. The molecule has 114 valence electrons. The monoisotopic (exact) mass is 314 g/mol. The highest BCUT2D eigenvalue weighted by atomic mass is 32.1. The van der Waals surface area contributed by atoms with E-state index >= 15 is 0 Å². The number of carboxylic acids is 1. The Morgan fingerprint density at radius 1 is 1.36 bits per heavy atom. The zero-order valence-electron chi connectivity index (χ0n) is 12.3. The maximum Gasteiger partial charge on any atom is 0.321 e. The van der Waals surface area contributed by atoms with Gasteiger partial charge in [0.05, 0.1) is 0 Å². The predicted molar refractivity (Wildman–Crippen MR) is 89.3 cm³/mol. The third kappa shape index (κ3) is 3.05. The quantitative estimate of drug-likeness (QED) is 0.654. The number of fused-ring (bicyclic) bond motifs is 1. The smallest absolute Gasteiger partial charge is 0.321 e. The fourth-order valence-electron chi connectivity index (χ4n) is 2.57. The Labute approximate surface area is 132 Å². The van der Waals surface area contributed by atoms with E-state index in [4.69, 9.17) is 0 Å². The Balaban J connectivity index is 1.74. The molecule has 2 heterocycles. The number of hydrogen-bond acceptors (Lipinski definition) is 3. The zero-order chi connectivity index (χ0) is 15.5. The molecule has 0 aliphatic carbocycles. The van der Waals surface area contributed by atoms with Gasteiger partial charge in [0.25, 0.3) is 0 Å². The third-order valence-electron chi connectivity index (χ3n) is 3.87. The summed E-state index contributed by atoms with van der Waals surface area (Å²) in [7, 11) is 0. The predicted octanol–water partition coefficient (Wildman–Crippen LogP) is 3.32. The van der Waals surface area contributed by atoms with E-state index in [1.165, 1.54) is 10.4 Å². The lowest BCUT2D eigenvalue weighted by atomic mass is 10.0. The Morgan fingerprint density at radius 3 is 2.91 bits per heavy atom. The summed E-state index contributed by atoms with van der Waals surface area (Å²) in [5.41, 5.74) is 3.27. The molecule has 0 radical (unpaired) electrons. The van der Waals surface area contributed by atoms with Gasteiger partial charge in [-0.15, -0.1) is 11.3 Å². The van der Waals surface area contributed by atoms with Crippen molar-refractivity contribution in [3.05, 3.63) is 57.9 Å². The Bertz CT molecular complexity index is 791. The van der Waals surface area contributed by atoms with Crippen molar-refractivity contribution in [1.29, 1.82) is 0 Å². The summed E-state index contributed by atoms with van der Waals surface area (Å²) in [5, 5.41) is 15.8. The number of carbonyl (C=O) groups is 1. The number of hydrogen-bond donors (Lipinski definition) is 3. The second kappa shape index (κ2) is 6.34. The maximum atomic E-state index is 11.5. The lowest BCUT2D eigenvalue weighted by Crippen LogP contribution is -2.38. The summed E-state index contributed by atoms with van der Waals surface area (Å²) < 4.78 is 0. The van der Waals surface area contributed by atoms with Crippen LogP contribution in [0.4, 0.5) is 0 Å². The Morgan fingerprint density at radius 2 is 2.18 bits per heavy atom. The fourth-order valence-corrected chi connectivity index (χ4v) is 3.43. The van der Waals surface area contributed by atoms with Crippen LogP contribution in [-0.2, 0) is 17.8 Å². The number of aromatic amines is 1. The van der Waals surface area contributed by atoms with Gasteiger partial charge in [-0.1, -0.05) is 18.2 Å². The van der Waals surface area contributed by atoms with Gasteiger partial charge in [-0.2, -0.15) is 0 Å². The van der Waals surface area contributed by atoms with Crippen LogP contribution in [0.25, 0.3) is 10.9 Å². The average Bonchev–Trinajstić information content (AvgIpc) is 3.10. The first-order valence-corrected chi connectivity index (χ1v) is 8.07. The molecule has 0 saturated heterocycles. The first-order valence-electron chi connectivity index (χ1n) is 7.19. The highest BCUT2D eigenvalue weighted by molar-refractivity contribution is 7.10. The maximum absolute atomic E-state index is 11.5. The molecule has 3 rings (SSSR count). The van der Waals surface area contributed by atoms with E-state index in [9.17, 15) is 9.90 Å². The van der Waals surface area contributed by atoms with Gasteiger partial charge in [0.2, 0.25) is 0 Å². The van der Waals surface area contributed by atoms with Gasteiger partial charge in [0.1, 0.15) is 6.04 Å². The molecular formula is C17H18N2O2S. The first-order chi connectivity index (χ1) is 10.6. The number of aryl methyl sites for hydroxylation is 1. The van der Waals surface area contributed by atoms with Crippen LogP contribution in [0.3, 0.4) is 0 Å². The minimum Gasteiger partial charge on any atom is -0.480 e. The van der Waals surface area contributed by atoms with E-state index in [1.807, 2.05) is 42.8 Å². The van der Waals surface area contributed by atoms with Gasteiger partial charge in [0.15, 0.2) is 0 Å². The fraction of sp³-hybridized carbons (Fsp3) is 0.235. The van der Waals surface area contributed by atoms with Crippen molar-refractivity contribution >= 4 is 28.2 Å². The molecule has 0 saturated carbocycles. The van der Waals surface area contributed by atoms with Crippen LogP contribution in [-0.4, -0.2) is 22.1 Å². The first kappa shape index (κ1) is 14.8. The zero-order valence-corrected chi connectivity index (χ0v) is 13.1. The topological polar surface area (TPSA) is 65.1 Å². The molecule has 0 aliphatic rings. The summed E-state index contributed by atoms with van der Waals surface area (Å²) in [6.07, 6.45) is 2.36. The molecule has 4 nitrogen and oxygen atoms in total. The Hall–Kier alpha value is -2.11. The minimum absolute atomic E-state index is 0.462. The molecule has 2 aromatic heterocycles. The van der Waals surface area contributed by atoms with Crippen molar-refractivity contribution in [2.45, 2.75) is 25.9 Å². The molecule has 0 fully saturated rings. The van der Waals surface area contributed by atoms with Gasteiger partial charge in [-0.3, -0.25) is 10.1 Å². The molecule has 5 heteroatoms. The van der Waals surface area contributed by atoms with Crippen molar-refractivity contribution < 1.29 is 9.90 Å². The summed E-state index contributed by atoms with van der Waals surface area (Å²) >= 11 is 1.65. The molecule has 0 amide bonds. The second-order valence-electron chi connectivity index (χ2n) is 5.36. The van der Waals surface area contributed by atoms with Crippen LogP contribution in [0.2, 0.25) is 0 Å². The lowest BCUT2D eigenvalue weighted by Gasteiger charge is -2.14. The van der Waals surface area contributed by atoms with E-state index in [-0.39, 0.29) is 0 Å². The number of aromatic nitrogens is 1. The molecule has 0 aliphatic heterocycles. The number of thiophene rings is 1. The number of carboxylic acid groups (broad SMARTS) is 1. The van der Waals surface area contributed by atoms with Gasteiger partial charge < -0.3 is 10.1 Å². The highest BCUT2D eigenvalue weighted by Gasteiger charge is 2.19. The number of aliphatic carboxylic acids is 1. The molecule has 1 atom stereocenters. The summed E-state index contributed by atoms with van der Waals surface area (Å²) in [6.45, 7) is 2.63. The van der Waals surface area contributed by atoms with Gasteiger partial charge in [-0.05, 0) is 35.6 Å². The van der Waals surface area contributed by atoms with Crippen LogP contribution in [0.15, 0.2) is 41.9 Å². The molecular weight excluding hydrogens is 296 g/mol. The average molecular weight is 314 g/mol. The minimum atomic E-state index is -0.820. The lowest BCUT2D eigenvalue weighted by molar-refractivity contribution is -0.139. The van der Waals surface area contributed by atoms with Crippen LogP contribution in [0, 0.1) is 6.92 Å². The Kier molecular flexibility index (Phi) is 4.27. The van der Waals surface area contributed by atoms with Crippen molar-refractivity contribution in [3.8, 4) is 0 Å². The molecule has 0 bridgehead atoms. The molecule has 3 N–H and O–H groups in total. The summed E-state index contributed by atoms with van der Waals surface area (Å²) in [6, 6.07) is 9.41. The number of nitrogens with one attached hydrogen (secondary N) is 2. The van der Waals surface area contributed by atoms with Gasteiger partial charge in [0, 0.05) is 34.9 Å². The third-order valence-corrected chi connectivity index (χ3v) is 4.90. The largest absolute Gasteiger partial charge is 0.480 e. The number of para-hydroxylation sites is 1. The second-order valence-corrected chi connectivity index (χ2v) is 6.36. The van der Waals surface area contributed by atoms with E-state index in [2.05, 4.69) is 16.4 Å². The van der Waals surface area contributed by atoms with Gasteiger partial charge in [-0.25, -0.2) is 0 Å². The number of benzene rings is 1. The SMILES string of the molecule is Cc1ccsc1CN[C@H](Cc1c[nH]c2ccccc12)C(=O)O. The van der Waals surface area contributed by atoms with Crippen molar-refractivity contribution in [2.24, 2.45) is 0 Å². The van der Waals surface area contributed by atoms with Gasteiger partial charge >= 0.3 is 5.97 Å². The molecule has 0 spiro atoms. The number of H-pyrrole nitrogens is 1. The normalized spacial score (nSPS) is 12.6. The summed E-state index contributed by atoms with van der Waals surface area (Å²) in [4.78, 5) is 15.9. The summed E-state index contributed by atoms with van der Waals surface area (Å²) in [5.74, 6) is -0.820. The van der Waals surface area contributed by atoms with E-state index in [0.29, 0.717) is 13.0 Å². The van der Waals surface area contributed by atoms with Crippen LogP contribution in [0.5, 0.6) is 0 Å².